The van der Waals surface area contributed by atoms with E-state index in [1.807, 2.05) is 12.2 Å². The Hall–Kier alpha value is -0.753. The minimum absolute atomic E-state index is 0.0973. The van der Waals surface area contributed by atoms with Gasteiger partial charge in [-0.2, -0.15) is 0 Å². The van der Waals surface area contributed by atoms with Crippen LogP contribution in [0.1, 0.15) is 53.9 Å². The van der Waals surface area contributed by atoms with Crippen molar-refractivity contribution < 1.29 is 18.7 Å². The normalized spacial score (nSPS) is 33.6. The van der Waals surface area contributed by atoms with Gasteiger partial charge in [0, 0.05) is 30.5 Å². The maximum atomic E-state index is 12.6. The molecule has 4 nitrogen and oxygen atoms in total. The summed E-state index contributed by atoms with van der Waals surface area (Å²) < 4.78 is 17.9. The molecule has 0 bridgehead atoms. The molecule has 1 fully saturated rings. The Kier molecular flexibility index (Phi) is 6.87. The van der Waals surface area contributed by atoms with Crippen LogP contribution in [0.4, 0.5) is 0 Å². The zero-order valence-electron chi connectivity index (χ0n) is 19.2. The zero-order valence-corrected chi connectivity index (χ0v) is 20.2. The highest BCUT2D eigenvalue weighted by atomic mass is 28.4. The quantitative estimate of drug-likeness (QED) is 0.230. The van der Waals surface area contributed by atoms with Crippen molar-refractivity contribution in [3.63, 3.8) is 0 Å². The van der Waals surface area contributed by atoms with E-state index in [1.54, 1.807) is 7.11 Å². The Bertz CT molecular complexity index is 633. The minimum Gasteiger partial charge on any atom is -0.414 e. The summed E-state index contributed by atoms with van der Waals surface area (Å²) in [4.78, 5) is 12.6. The Morgan fingerprint density at radius 2 is 2.00 bits per heavy atom. The van der Waals surface area contributed by atoms with Gasteiger partial charge in [0.2, 0.25) is 0 Å². The highest BCUT2D eigenvalue weighted by molar-refractivity contribution is 6.74. The first-order valence-electron chi connectivity index (χ1n) is 10.4. The van der Waals surface area contributed by atoms with Crippen LogP contribution in [0.2, 0.25) is 18.1 Å². The molecule has 0 aliphatic heterocycles. The SMILES string of the molecule is C=CC[C@@]12CC(=O)C=C1[C@@](C)(COCOC)[C@@H](C)C(O[Si](C)(C)C(C)(C)C)C2. The number of rotatable bonds is 8. The summed E-state index contributed by atoms with van der Waals surface area (Å²) in [6, 6.07) is 0. The zero-order chi connectivity index (χ0) is 21.4. The van der Waals surface area contributed by atoms with Gasteiger partial charge in [0.15, 0.2) is 14.1 Å². The second-order valence-corrected chi connectivity index (χ2v) is 15.3. The van der Waals surface area contributed by atoms with E-state index in [-0.39, 0.29) is 40.5 Å². The fourth-order valence-electron chi connectivity index (χ4n) is 4.75. The molecule has 2 rings (SSSR count). The van der Waals surface area contributed by atoms with Crippen LogP contribution in [0, 0.1) is 16.7 Å². The topological polar surface area (TPSA) is 44.8 Å². The maximum Gasteiger partial charge on any atom is 0.192 e. The average molecular weight is 409 g/mol. The third kappa shape index (κ3) is 4.23. The van der Waals surface area contributed by atoms with Crippen LogP contribution in [0.15, 0.2) is 24.3 Å². The van der Waals surface area contributed by atoms with Gasteiger partial charge < -0.3 is 13.9 Å². The number of carbonyl (C=O) groups excluding carboxylic acids is 1. The lowest BCUT2D eigenvalue weighted by atomic mass is 9.54. The molecule has 160 valence electrons. The molecule has 0 N–H and O–H groups in total. The van der Waals surface area contributed by atoms with Crippen LogP contribution in [0.3, 0.4) is 0 Å². The van der Waals surface area contributed by atoms with E-state index in [1.165, 1.54) is 5.57 Å². The van der Waals surface area contributed by atoms with Crippen molar-refractivity contribution in [2.24, 2.45) is 16.7 Å². The Labute approximate surface area is 172 Å². The summed E-state index contributed by atoms with van der Waals surface area (Å²) in [5, 5.41) is 0.142. The largest absolute Gasteiger partial charge is 0.414 e. The molecule has 2 aliphatic rings. The lowest BCUT2D eigenvalue weighted by Crippen LogP contribution is -2.55. The fourth-order valence-corrected chi connectivity index (χ4v) is 6.15. The van der Waals surface area contributed by atoms with Gasteiger partial charge in [-0.25, -0.2) is 0 Å². The monoisotopic (exact) mass is 408 g/mol. The predicted molar refractivity (Wildman–Crippen MR) is 117 cm³/mol. The molecule has 0 spiro atoms. The van der Waals surface area contributed by atoms with Crippen molar-refractivity contribution in [2.75, 3.05) is 20.5 Å². The number of allylic oxidation sites excluding steroid dienone is 2. The van der Waals surface area contributed by atoms with Crippen LogP contribution in [-0.2, 0) is 18.7 Å². The Morgan fingerprint density at radius 1 is 1.36 bits per heavy atom. The van der Waals surface area contributed by atoms with Crippen molar-refractivity contribution in [1.82, 2.24) is 0 Å². The van der Waals surface area contributed by atoms with E-state index in [0.29, 0.717) is 13.0 Å². The summed E-state index contributed by atoms with van der Waals surface area (Å²) in [6.45, 7) is 20.7. The van der Waals surface area contributed by atoms with Gasteiger partial charge in [-0.1, -0.05) is 46.3 Å². The molecule has 1 saturated carbocycles. The first kappa shape index (κ1) is 23.5. The lowest BCUT2D eigenvalue weighted by Gasteiger charge is -2.55. The first-order chi connectivity index (χ1) is 12.8. The van der Waals surface area contributed by atoms with Crippen molar-refractivity contribution in [3.8, 4) is 0 Å². The summed E-state index contributed by atoms with van der Waals surface area (Å²) in [6.07, 6.45) is 6.18. The molecule has 4 atom stereocenters. The van der Waals surface area contributed by atoms with Gasteiger partial charge in [-0.05, 0) is 43.0 Å². The number of hydrogen-bond donors (Lipinski definition) is 0. The van der Waals surface area contributed by atoms with Crippen LogP contribution < -0.4 is 0 Å². The molecule has 0 radical (unpaired) electrons. The standard InChI is InChI=1S/C23H40O4Si/c1-10-11-23-13-18(24)12-20(23)22(6,15-26-16-25-7)17(2)19(14-23)27-28(8,9)21(3,4)5/h10,12,17,19H,1,11,13-16H2,2-9H3/t17-,19?,22-,23-/m0/s1. The first-order valence-corrected chi connectivity index (χ1v) is 13.3. The number of fused-ring (bicyclic) bond motifs is 1. The van der Waals surface area contributed by atoms with Crippen LogP contribution in [-0.4, -0.2) is 40.7 Å². The molecule has 1 unspecified atom stereocenters. The van der Waals surface area contributed by atoms with Crippen molar-refractivity contribution in [3.05, 3.63) is 24.3 Å². The van der Waals surface area contributed by atoms with Gasteiger partial charge in [0.05, 0.1) is 6.61 Å². The molecule has 0 amide bonds. The predicted octanol–water partition coefficient (Wildman–Crippen LogP) is 5.51. The molecule has 0 aromatic heterocycles. The number of methoxy groups -OCH3 is 1. The third-order valence-corrected chi connectivity index (χ3v) is 12.1. The number of carbonyl (C=O) groups is 1. The summed E-state index contributed by atoms with van der Waals surface area (Å²) in [5.74, 6) is 0.462. The number of ether oxygens (including phenoxy) is 2. The highest BCUT2D eigenvalue weighted by Crippen LogP contribution is 2.61. The molecular formula is C23H40O4Si. The molecular weight excluding hydrogens is 368 g/mol. The maximum absolute atomic E-state index is 12.6. The van der Waals surface area contributed by atoms with Gasteiger partial charge in [-0.15, -0.1) is 6.58 Å². The van der Waals surface area contributed by atoms with E-state index in [9.17, 15) is 4.79 Å². The van der Waals surface area contributed by atoms with E-state index in [0.717, 1.165) is 12.8 Å². The van der Waals surface area contributed by atoms with E-state index < -0.39 is 8.32 Å². The molecule has 5 heteroatoms. The number of ketones is 1. The Balaban J connectivity index is 2.46. The molecule has 28 heavy (non-hydrogen) atoms. The van der Waals surface area contributed by atoms with Gasteiger partial charge >= 0.3 is 0 Å². The average Bonchev–Trinajstić information content (AvgIpc) is 2.89. The van der Waals surface area contributed by atoms with E-state index >= 15 is 0 Å². The minimum atomic E-state index is -1.95. The molecule has 2 aliphatic carbocycles. The van der Waals surface area contributed by atoms with Gasteiger partial charge in [0.1, 0.15) is 6.79 Å². The van der Waals surface area contributed by atoms with Crippen LogP contribution in [0.25, 0.3) is 0 Å². The molecule has 0 aromatic carbocycles. The second-order valence-electron chi connectivity index (χ2n) is 10.6. The third-order valence-electron chi connectivity index (χ3n) is 7.55. The summed E-state index contributed by atoms with van der Waals surface area (Å²) in [5.41, 5.74) is 0.770. The molecule has 0 saturated heterocycles. The smallest absolute Gasteiger partial charge is 0.192 e. The van der Waals surface area contributed by atoms with Gasteiger partial charge in [-0.3, -0.25) is 4.79 Å². The summed E-state index contributed by atoms with van der Waals surface area (Å²) >= 11 is 0. The Morgan fingerprint density at radius 3 is 2.54 bits per heavy atom. The summed E-state index contributed by atoms with van der Waals surface area (Å²) in [7, 11) is -0.312. The fraction of sp³-hybridized carbons (Fsp3) is 0.783. The van der Waals surface area contributed by atoms with Crippen molar-refractivity contribution in [1.29, 1.82) is 0 Å². The van der Waals surface area contributed by atoms with Crippen molar-refractivity contribution in [2.45, 2.75) is 78.1 Å². The molecule has 0 aromatic rings. The lowest BCUT2D eigenvalue weighted by molar-refractivity contribution is -0.117. The van der Waals surface area contributed by atoms with Gasteiger partial charge in [0.25, 0.3) is 0 Å². The number of hydrogen-bond acceptors (Lipinski definition) is 4. The second kappa shape index (κ2) is 8.17. The van der Waals surface area contributed by atoms with Crippen LogP contribution in [0.5, 0.6) is 0 Å². The van der Waals surface area contributed by atoms with Crippen molar-refractivity contribution >= 4 is 14.1 Å². The highest BCUT2D eigenvalue weighted by Gasteiger charge is 2.58. The van der Waals surface area contributed by atoms with E-state index in [4.69, 9.17) is 13.9 Å². The van der Waals surface area contributed by atoms with Crippen LogP contribution >= 0.6 is 0 Å². The van der Waals surface area contributed by atoms with E-state index in [2.05, 4.69) is 54.3 Å². The molecule has 0 heterocycles.